The van der Waals surface area contributed by atoms with Gasteiger partial charge in [-0.3, -0.25) is 0 Å². The van der Waals surface area contributed by atoms with Gasteiger partial charge in [-0.05, 0) is 31.6 Å². The molecule has 0 saturated heterocycles. The SMILES string of the molecule is CC(C#N)CNC1CC(C(C)C)C1. The fraction of sp³-hybridized carbons (Fsp3) is 0.909. The minimum Gasteiger partial charge on any atom is -0.313 e. The van der Waals surface area contributed by atoms with Gasteiger partial charge in [-0.25, -0.2) is 0 Å². The normalized spacial score (nSPS) is 29.5. The minimum absolute atomic E-state index is 0.151. The zero-order valence-electron chi connectivity index (χ0n) is 8.88. The Morgan fingerprint density at radius 3 is 2.46 bits per heavy atom. The second-order valence-corrected chi connectivity index (χ2v) is 4.61. The van der Waals surface area contributed by atoms with E-state index in [4.69, 9.17) is 5.26 Å². The van der Waals surface area contributed by atoms with Gasteiger partial charge in [-0.2, -0.15) is 5.26 Å². The molecular weight excluding hydrogens is 160 g/mol. The molecule has 1 aliphatic rings. The molecule has 2 heteroatoms. The minimum atomic E-state index is 0.151. The van der Waals surface area contributed by atoms with Crippen LogP contribution in [0.1, 0.15) is 33.6 Å². The van der Waals surface area contributed by atoms with Crippen LogP contribution in [0.5, 0.6) is 0 Å². The zero-order valence-corrected chi connectivity index (χ0v) is 8.88. The van der Waals surface area contributed by atoms with Crippen LogP contribution in [0.25, 0.3) is 0 Å². The highest BCUT2D eigenvalue weighted by Crippen LogP contribution is 2.33. The van der Waals surface area contributed by atoms with Crippen LogP contribution in [0.15, 0.2) is 0 Å². The summed E-state index contributed by atoms with van der Waals surface area (Å²) in [7, 11) is 0. The Morgan fingerprint density at radius 1 is 1.38 bits per heavy atom. The van der Waals surface area contributed by atoms with Gasteiger partial charge in [0.25, 0.3) is 0 Å². The summed E-state index contributed by atoms with van der Waals surface area (Å²) in [6, 6.07) is 2.92. The number of rotatable bonds is 4. The van der Waals surface area contributed by atoms with Gasteiger partial charge in [0, 0.05) is 12.6 Å². The van der Waals surface area contributed by atoms with Crippen molar-refractivity contribution in [1.82, 2.24) is 5.32 Å². The second-order valence-electron chi connectivity index (χ2n) is 4.61. The lowest BCUT2D eigenvalue weighted by Gasteiger charge is -2.38. The molecule has 0 aromatic heterocycles. The number of nitrogens with zero attached hydrogens (tertiary/aromatic N) is 1. The van der Waals surface area contributed by atoms with Crippen LogP contribution < -0.4 is 5.32 Å². The van der Waals surface area contributed by atoms with Crippen molar-refractivity contribution >= 4 is 0 Å². The molecule has 0 amide bonds. The number of nitriles is 1. The molecule has 0 aliphatic heterocycles. The van der Waals surface area contributed by atoms with Crippen LogP contribution in [-0.4, -0.2) is 12.6 Å². The fourth-order valence-corrected chi connectivity index (χ4v) is 1.76. The Morgan fingerprint density at radius 2 is 2.00 bits per heavy atom. The van der Waals surface area contributed by atoms with Crippen molar-refractivity contribution in [2.24, 2.45) is 17.8 Å². The quantitative estimate of drug-likeness (QED) is 0.719. The van der Waals surface area contributed by atoms with E-state index in [1.807, 2.05) is 6.92 Å². The van der Waals surface area contributed by atoms with E-state index in [1.165, 1.54) is 12.8 Å². The highest BCUT2D eigenvalue weighted by molar-refractivity contribution is 4.89. The fourth-order valence-electron chi connectivity index (χ4n) is 1.76. The van der Waals surface area contributed by atoms with Crippen molar-refractivity contribution in [1.29, 1.82) is 5.26 Å². The third-order valence-electron chi connectivity index (χ3n) is 3.05. The Labute approximate surface area is 81.3 Å². The number of hydrogen-bond donors (Lipinski definition) is 1. The van der Waals surface area contributed by atoms with Crippen molar-refractivity contribution in [3.05, 3.63) is 0 Å². The molecule has 1 saturated carbocycles. The molecule has 1 atom stereocenters. The maximum Gasteiger partial charge on any atom is 0.0666 e. The van der Waals surface area contributed by atoms with E-state index in [0.29, 0.717) is 6.04 Å². The van der Waals surface area contributed by atoms with Crippen LogP contribution in [0, 0.1) is 29.1 Å². The first-order chi connectivity index (χ1) is 6.13. The topological polar surface area (TPSA) is 35.8 Å². The summed E-state index contributed by atoms with van der Waals surface area (Å²) in [5.74, 6) is 1.89. The van der Waals surface area contributed by atoms with Crippen LogP contribution in [-0.2, 0) is 0 Å². The molecule has 0 radical (unpaired) electrons. The average Bonchev–Trinajstić information content (AvgIpc) is 2.00. The second kappa shape index (κ2) is 4.62. The van der Waals surface area contributed by atoms with Crippen molar-refractivity contribution < 1.29 is 0 Å². The zero-order chi connectivity index (χ0) is 9.84. The first-order valence-electron chi connectivity index (χ1n) is 5.26. The van der Waals surface area contributed by atoms with Crippen LogP contribution in [0.4, 0.5) is 0 Å². The number of nitrogens with one attached hydrogen (secondary N) is 1. The van der Waals surface area contributed by atoms with Gasteiger partial charge in [0.2, 0.25) is 0 Å². The molecule has 0 bridgehead atoms. The number of hydrogen-bond acceptors (Lipinski definition) is 2. The molecule has 1 aliphatic carbocycles. The molecule has 0 aromatic carbocycles. The van der Waals surface area contributed by atoms with Crippen molar-refractivity contribution in [3.63, 3.8) is 0 Å². The summed E-state index contributed by atoms with van der Waals surface area (Å²) in [5, 5.41) is 12.0. The lowest BCUT2D eigenvalue weighted by molar-refractivity contribution is 0.167. The van der Waals surface area contributed by atoms with E-state index in [2.05, 4.69) is 25.2 Å². The van der Waals surface area contributed by atoms with Gasteiger partial charge in [-0.15, -0.1) is 0 Å². The highest BCUT2D eigenvalue weighted by Gasteiger charge is 2.30. The van der Waals surface area contributed by atoms with Gasteiger partial charge in [0.15, 0.2) is 0 Å². The molecule has 13 heavy (non-hydrogen) atoms. The summed E-state index contributed by atoms with van der Waals surface area (Å²) in [6.45, 7) is 7.40. The maximum atomic E-state index is 8.59. The smallest absolute Gasteiger partial charge is 0.0666 e. The Kier molecular flexibility index (Phi) is 3.74. The molecule has 74 valence electrons. The molecule has 0 heterocycles. The van der Waals surface area contributed by atoms with E-state index >= 15 is 0 Å². The largest absolute Gasteiger partial charge is 0.313 e. The maximum absolute atomic E-state index is 8.59. The van der Waals surface area contributed by atoms with Gasteiger partial charge in [0.1, 0.15) is 0 Å². The third-order valence-corrected chi connectivity index (χ3v) is 3.05. The molecular formula is C11H20N2. The molecule has 1 unspecified atom stereocenters. The summed E-state index contributed by atoms with van der Waals surface area (Å²) < 4.78 is 0. The average molecular weight is 180 g/mol. The first kappa shape index (κ1) is 10.5. The molecule has 2 nitrogen and oxygen atoms in total. The summed E-state index contributed by atoms with van der Waals surface area (Å²) >= 11 is 0. The predicted molar refractivity (Wildman–Crippen MR) is 54.1 cm³/mol. The molecule has 0 aromatic rings. The molecule has 1 N–H and O–H groups in total. The lowest BCUT2D eigenvalue weighted by atomic mass is 9.73. The van der Waals surface area contributed by atoms with Crippen LogP contribution in [0.3, 0.4) is 0 Å². The first-order valence-corrected chi connectivity index (χ1v) is 5.26. The van der Waals surface area contributed by atoms with E-state index in [-0.39, 0.29) is 5.92 Å². The van der Waals surface area contributed by atoms with Crippen molar-refractivity contribution in [3.8, 4) is 6.07 Å². The summed E-state index contributed by atoms with van der Waals surface area (Å²) in [6.07, 6.45) is 2.60. The van der Waals surface area contributed by atoms with Crippen LogP contribution in [0.2, 0.25) is 0 Å². The van der Waals surface area contributed by atoms with Crippen LogP contribution >= 0.6 is 0 Å². The van der Waals surface area contributed by atoms with Crippen molar-refractivity contribution in [2.45, 2.75) is 39.7 Å². The lowest BCUT2D eigenvalue weighted by Crippen LogP contribution is -2.44. The van der Waals surface area contributed by atoms with Gasteiger partial charge >= 0.3 is 0 Å². The third kappa shape index (κ3) is 3.00. The van der Waals surface area contributed by atoms with E-state index in [1.54, 1.807) is 0 Å². The van der Waals surface area contributed by atoms with Gasteiger partial charge < -0.3 is 5.32 Å². The standard InChI is InChI=1S/C11H20N2/c1-8(2)10-4-11(5-10)13-7-9(3)6-12/h8-11,13H,4-5,7H2,1-3H3. The van der Waals surface area contributed by atoms with E-state index in [9.17, 15) is 0 Å². The highest BCUT2D eigenvalue weighted by atomic mass is 14.9. The monoisotopic (exact) mass is 180 g/mol. The van der Waals surface area contributed by atoms with Crippen molar-refractivity contribution in [2.75, 3.05) is 6.54 Å². The summed E-state index contributed by atoms with van der Waals surface area (Å²) in [4.78, 5) is 0. The van der Waals surface area contributed by atoms with E-state index < -0.39 is 0 Å². The Hall–Kier alpha value is -0.550. The van der Waals surface area contributed by atoms with E-state index in [0.717, 1.165) is 18.4 Å². The van der Waals surface area contributed by atoms with Gasteiger partial charge in [-0.1, -0.05) is 13.8 Å². The molecule has 0 spiro atoms. The summed E-state index contributed by atoms with van der Waals surface area (Å²) in [5.41, 5.74) is 0. The predicted octanol–water partition coefficient (Wildman–Crippen LogP) is 2.17. The Balaban J connectivity index is 2.06. The molecule has 1 fully saturated rings. The van der Waals surface area contributed by atoms with Gasteiger partial charge in [0.05, 0.1) is 12.0 Å². The molecule has 1 rings (SSSR count). The Bertz CT molecular complexity index is 187.